The molecule has 1 fully saturated rings. The van der Waals surface area contributed by atoms with Gasteiger partial charge < -0.3 is 24.5 Å². The number of ether oxygens (including phenoxy) is 2. The molecule has 0 radical (unpaired) electrons. The molecule has 5 rings (SSSR count). The van der Waals surface area contributed by atoms with E-state index in [4.69, 9.17) is 4.74 Å². The van der Waals surface area contributed by atoms with Crippen LogP contribution < -0.4 is 14.8 Å². The van der Waals surface area contributed by atoms with Gasteiger partial charge in [-0.15, -0.1) is 13.2 Å². The first-order chi connectivity index (χ1) is 18.3. The SMILES string of the molecule is Cc1c(-c2ccc(OC(F)(F)F)cc2)n(Cc2ccc(OCCC3CCCCN3)cc2)c2ccc(O)cc12. The highest BCUT2D eigenvalue weighted by molar-refractivity contribution is 5.92. The Morgan fingerprint density at radius 3 is 2.39 bits per heavy atom. The Balaban J connectivity index is 1.37. The molecule has 0 spiro atoms. The van der Waals surface area contributed by atoms with E-state index in [1.54, 1.807) is 24.3 Å². The molecule has 0 bridgehead atoms. The average Bonchev–Trinajstić information content (AvgIpc) is 3.16. The van der Waals surface area contributed by atoms with E-state index in [0.29, 0.717) is 19.2 Å². The molecular formula is C30H31F3N2O3. The lowest BCUT2D eigenvalue weighted by Crippen LogP contribution is -2.35. The van der Waals surface area contributed by atoms with Crippen molar-refractivity contribution in [3.63, 3.8) is 0 Å². The number of nitrogens with one attached hydrogen (secondary N) is 1. The minimum atomic E-state index is -4.74. The predicted molar refractivity (Wildman–Crippen MR) is 142 cm³/mol. The van der Waals surface area contributed by atoms with Crippen molar-refractivity contribution < 1.29 is 27.8 Å². The third kappa shape index (κ3) is 6.07. The van der Waals surface area contributed by atoms with Gasteiger partial charge in [-0.05, 0) is 104 Å². The number of halogens is 3. The van der Waals surface area contributed by atoms with Crippen molar-refractivity contribution in [2.45, 2.75) is 51.6 Å². The van der Waals surface area contributed by atoms with Crippen LogP contribution in [-0.2, 0) is 6.54 Å². The van der Waals surface area contributed by atoms with Crippen LogP contribution in [0.5, 0.6) is 17.2 Å². The minimum absolute atomic E-state index is 0.156. The van der Waals surface area contributed by atoms with Gasteiger partial charge in [-0.1, -0.05) is 18.6 Å². The highest BCUT2D eigenvalue weighted by Gasteiger charge is 2.31. The van der Waals surface area contributed by atoms with Gasteiger partial charge in [-0.2, -0.15) is 0 Å². The number of aryl methyl sites for hydroxylation is 1. The van der Waals surface area contributed by atoms with Crippen molar-refractivity contribution in [1.29, 1.82) is 0 Å². The number of aromatic hydroxyl groups is 1. The summed E-state index contributed by atoms with van der Waals surface area (Å²) in [5, 5.41) is 14.5. The zero-order valence-electron chi connectivity index (χ0n) is 21.2. The summed E-state index contributed by atoms with van der Waals surface area (Å²) in [7, 11) is 0. The Labute approximate surface area is 219 Å². The van der Waals surface area contributed by atoms with Crippen LogP contribution >= 0.6 is 0 Å². The summed E-state index contributed by atoms with van der Waals surface area (Å²) in [6.45, 7) is 4.24. The fourth-order valence-corrected chi connectivity index (χ4v) is 5.22. The predicted octanol–water partition coefficient (Wildman–Crippen LogP) is 7.18. The van der Waals surface area contributed by atoms with Gasteiger partial charge in [-0.25, -0.2) is 0 Å². The summed E-state index contributed by atoms with van der Waals surface area (Å²) in [6.07, 6.45) is -0.0424. The lowest BCUT2D eigenvalue weighted by Gasteiger charge is -2.23. The standard InChI is InChI=1S/C30H31F3N2O3/c1-20-27-18-24(36)9-14-28(27)35(29(20)22-7-12-26(13-8-22)38-30(31,32)33)19-21-5-10-25(11-6-21)37-17-15-23-4-2-3-16-34-23/h5-14,18,23,34,36H,2-4,15-17,19H2,1H3. The third-order valence-corrected chi connectivity index (χ3v) is 7.07. The maximum Gasteiger partial charge on any atom is 0.573 e. The maximum atomic E-state index is 12.6. The summed E-state index contributed by atoms with van der Waals surface area (Å²) < 4.78 is 50.0. The maximum absolute atomic E-state index is 12.6. The molecular weight excluding hydrogens is 493 g/mol. The number of nitrogens with zero attached hydrogens (tertiary/aromatic N) is 1. The molecule has 0 aliphatic carbocycles. The van der Waals surface area contributed by atoms with Gasteiger partial charge in [0.05, 0.1) is 12.3 Å². The van der Waals surface area contributed by atoms with Crippen molar-refractivity contribution >= 4 is 10.9 Å². The fraction of sp³-hybridized carbons (Fsp3) is 0.333. The first-order valence-electron chi connectivity index (χ1n) is 12.9. The third-order valence-electron chi connectivity index (χ3n) is 7.07. The van der Waals surface area contributed by atoms with Gasteiger partial charge in [0.15, 0.2) is 0 Å². The molecule has 1 saturated heterocycles. The van der Waals surface area contributed by atoms with Crippen molar-refractivity contribution in [2.24, 2.45) is 0 Å². The van der Waals surface area contributed by atoms with Crippen LogP contribution in [0.2, 0.25) is 0 Å². The van der Waals surface area contributed by atoms with E-state index in [2.05, 4.69) is 14.6 Å². The lowest BCUT2D eigenvalue weighted by molar-refractivity contribution is -0.274. The number of hydrogen-bond donors (Lipinski definition) is 2. The zero-order valence-corrected chi connectivity index (χ0v) is 21.2. The largest absolute Gasteiger partial charge is 0.573 e. The van der Waals surface area contributed by atoms with Crippen molar-refractivity contribution in [3.8, 4) is 28.5 Å². The van der Waals surface area contributed by atoms with Crippen LogP contribution in [0.4, 0.5) is 13.2 Å². The molecule has 3 aromatic carbocycles. The number of fused-ring (bicyclic) bond motifs is 1. The number of alkyl halides is 3. The van der Waals surface area contributed by atoms with Crippen LogP contribution in [0.3, 0.4) is 0 Å². The molecule has 1 atom stereocenters. The Kier molecular flexibility index (Phi) is 7.51. The zero-order chi connectivity index (χ0) is 26.7. The summed E-state index contributed by atoms with van der Waals surface area (Å²) in [5.74, 6) is 0.709. The van der Waals surface area contributed by atoms with Gasteiger partial charge in [0.25, 0.3) is 0 Å². The van der Waals surface area contributed by atoms with Gasteiger partial charge in [-0.3, -0.25) is 0 Å². The molecule has 1 aliphatic rings. The van der Waals surface area contributed by atoms with Gasteiger partial charge in [0, 0.05) is 23.5 Å². The van der Waals surface area contributed by atoms with E-state index in [0.717, 1.165) is 52.0 Å². The minimum Gasteiger partial charge on any atom is -0.508 e. The van der Waals surface area contributed by atoms with E-state index >= 15 is 0 Å². The first kappa shape index (κ1) is 26.0. The highest BCUT2D eigenvalue weighted by atomic mass is 19.4. The number of phenols is 1. The molecule has 5 nitrogen and oxygen atoms in total. The smallest absolute Gasteiger partial charge is 0.508 e. The van der Waals surface area contributed by atoms with E-state index in [-0.39, 0.29) is 11.5 Å². The molecule has 38 heavy (non-hydrogen) atoms. The van der Waals surface area contributed by atoms with Gasteiger partial charge in [0.1, 0.15) is 17.2 Å². The van der Waals surface area contributed by atoms with Crippen LogP contribution in [0.25, 0.3) is 22.2 Å². The number of phenolic OH excluding ortho intramolecular Hbond substituents is 1. The topological polar surface area (TPSA) is 55.7 Å². The summed E-state index contributed by atoms with van der Waals surface area (Å²) in [4.78, 5) is 0. The molecule has 8 heteroatoms. The number of piperidine rings is 1. The number of benzene rings is 3. The van der Waals surface area contributed by atoms with Crippen molar-refractivity contribution in [1.82, 2.24) is 9.88 Å². The summed E-state index contributed by atoms with van der Waals surface area (Å²) in [6, 6.07) is 19.6. The fourth-order valence-electron chi connectivity index (χ4n) is 5.22. The highest BCUT2D eigenvalue weighted by Crippen LogP contribution is 2.37. The Morgan fingerprint density at radius 2 is 1.71 bits per heavy atom. The number of rotatable bonds is 8. The van der Waals surface area contributed by atoms with Crippen LogP contribution in [-0.4, -0.2) is 35.2 Å². The molecule has 4 aromatic rings. The quantitative estimate of drug-likeness (QED) is 0.256. The monoisotopic (exact) mass is 524 g/mol. The van der Waals surface area contributed by atoms with E-state index in [1.807, 2.05) is 37.3 Å². The molecule has 1 aliphatic heterocycles. The molecule has 1 aromatic heterocycles. The molecule has 2 heterocycles. The molecule has 0 amide bonds. The van der Waals surface area contributed by atoms with Crippen LogP contribution in [0, 0.1) is 6.92 Å². The molecule has 1 unspecified atom stereocenters. The number of aromatic nitrogens is 1. The average molecular weight is 525 g/mol. The van der Waals surface area contributed by atoms with Crippen molar-refractivity contribution in [3.05, 3.63) is 77.9 Å². The molecule has 200 valence electrons. The van der Waals surface area contributed by atoms with Gasteiger partial charge in [0.2, 0.25) is 0 Å². The van der Waals surface area contributed by atoms with E-state index in [9.17, 15) is 18.3 Å². The molecule has 0 saturated carbocycles. The lowest BCUT2D eigenvalue weighted by atomic mass is 10.0. The summed E-state index contributed by atoms with van der Waals surface area (Å²) in [5.41, 5.74) is 4.52. The second kappa shape index (κ2) is 11.0. The Hall–Kier alpha value is -3.65. The van der Waals surface area contributed by atoms with Crippen LogP contribution in [0.15, 0.2) is 66.7 Å². The van der Waals surface area contributed by atoms with Gasteiger partial charge >= 0.3 is 6.36 Å². The Bertz CT molecular complexity index is 1370. The summed E-state index contributed by atoms with van der Waals surface area (Å²) >= 11 is 0. The normalized spacial score (nSPS) is 16.1. The first-order valence-corrected chi connectivity index (χ1v) is 12.9. The van der Waals surface area contributed by atoms with E-state index in [1.165, 1.54) is 31.4 Å². The Morgan fingerprint density at radius 1 is 0.974 bits per heavy atom. The second-order valence-corrected chi connectivity index (χ2v) is 9.76. The number of hydrogen-bond acceptors (Lipinski definition) is 4. The van der Waals surface area contributed by atoms with E-state index < -0.39 is 6.36 Å². The van der Waals surface area contributed by atoms with Crippen molar-refractivity contribution in [2.75, 3.05) is 13.2 Å². The molecule has 2 N–H and O–H groups in total. The van der Waals surface area contributed by atoms with Crippen LogP contribution in [0.1, 0.15) is 36.8 Å². The second-order valence-electron chi connectivity index (χ2n) is 9.76.